The van der Waals surface area contributed by atoms with E-state index in [2.05, 4.69) is 77.6 Å². The molecule has 1 heterocycles. The average Bonchev–Trinajstić information content (AvgIpc) is 2.74. The van der Waals surface area contributed by atoms with Gasteiger partial charge in [-0.05, 0) is 57.6 Å². The maximum Gasteiger partial charge on any atom is 0.0472 e. The summed E-state index contributed by atoms with van der Waals surface area (Å²) in [5.74, 6) is 0. The zero-order valence-electron chi connectivity index (χ0n) is 15.1. The molecular formula is C20H33N. The maximum atomic E-state index is 2.86. The van der Waals surface area contributed by atoms with Crippen molar-refractivity contribution in [1.29, 1.82) is 0 Å². The highest BCUT2D eigenvalue weighted by Crippen LogP contribution is 2.58. The van der Waals surface area contributed by atoms with Gasteiger partial charge in [0.2, 0.25) is 0 Å². The predicted octanol–water partition coefficient (Wildman–Crippen LogP) is 5.83. The van der Waals surface area contributed by atoms with Crippen LogP contribution in [0.5, 0.6) is 0 Å². The fourth-order valence-corrected chi connectivity index (χ4v) is 5.12. The SMILES string of the molecule is CCC1(CC)c2ccccc2C(CC)(CC)N1C(C)(C)C. The highest BCUT2D eigenvalue weighted by Gasteiger charge is 2.58. The van der Waals surface area contributed by atoms with Crippen molar-refractivity contribution >= 4 is 0 Å². The van der Waals surface area contributed by atoms with E-state index < -0.39 is 0 Å². The molecule has 0 amide bonds. The van der Waals surface area contributed by atoms with Gasteiger partial charge in [-0.25, -0.2) is 0 Å². The quantitative estimate of drug-likeness (QED) is 0.673. The highest BCUT2D eigenvalue weighted by atomic mass is 15.3. The van der Waals surface area contributed by atoms with E-state index >= 15 is 0 Å². The molecule has 1 heteroatoms. The molecule has 118 valence electrons. The lowest BCUT2D eigenvalue weighted by Crippen LogP contribution is -2.59. The predicted molar refractivity (Wildman–Crippen MR) is 92.6 cm³/mol. The first-order valence-corrected chi connectivity index (χ1v) is 8.74. The Kier molecular flexibility index (Phi) is 4.28. The third-order valence-electron chi connectivity index (χ3n) is 5.80. The molecule has 1 aromatic carbocycles. The van der Waals surface area contributed by atoms with Crippen LogP contribution in [0.25, 0.3) is 0 Å². The van der Waals surface area contributed by atoms with Gasteiger partial charge in [0.1, 0.15) is 0 Å². The standard InChI is InChI=1S/C20H33N/c1-8-19(9-2)16-14-12-13-15-17(16)20(10-3,11-4)21(19)18(5,6)7/h12-15H,8-11H2,1-7H3. The minimum atomic E-state index is 0.164. The molecule has 1 aromatic rings. The lowest BCUT2D eigenvalue weighted by atomic mass is 9.82. The smallest absolute Gasteiger partial charge is 0.0472 e. The molecule has 0 N–H and O–H groups in total. The highest BCUT2D eigenvalue weighted by molar-refractivity contribution is 5.45. The number of benzene rings is 1. The van der Waals surface area contributed by atoms with Gasteiger partial charge in [-0.1, -0.05) is 52.0 Å². The zero-order chi connectivity index (χ0) is 15.9. The van der Waals surface area contributed by atoms with Crippen molar-refractivity contribution in [2.75, 3.05) is 0 Å². The number of rotatable bonds is 4. The molecule has 0 atom stereocenters. The van der Waals surface area contributed by atoms with Crippen molar-refractivity contribution in [2.45, 2.75) is 90.8 Å². The minimum Gasteiger partial charge on any atom is -0.279 e. The summed E-state index contributed by atoms with van der Waals surface area (Å²) >= 11 is 0. The fraction of sp³-hybridized carbons (Fsp3) is 0.700. The topological polar surface area (TPSA) is 3.24 Å². The van der Waals surface area contributed by atoms with Crippen molar-refractivity contribution in [2.24, 2.45) is 0 Å². The average molecular weight is 287 g/mol. The van der Waals surface area contributed by atoms with E-state index in [1.165, 1.54) is 25.7 Å². The summed E-state index contributed by atoms with van der Waals surface area (Å²) < 4.78 is 0. The Labute approximate surface area is 131 Å². The molecular weight excluding hydrogens is 254 g/mol. The van der Waals surface area contributed by atoms with Crippen molar-refractivity contribution in [3.63, 3.8) is 0 Å². The second kappa shape index (κ2) is 5.43. The van der Waals surface area contributed by atoms with Crippen LogP contribution in [0.15, 0.2) is 24.3 Å². The lowest BCUT2D eigenvalue weighted by molar-refractivity contribution is -0.0833. The molecule has 2 rings (SSSR count). The molecule has 1 aliphatic rings. The molecule has 1 aliphatic heterocycles. The second-order valence-electron chi connectivity index (χ2n) is 7.53. The van der Waals surface area contributed by atoms with Crippen LogP contribution in [0.1, 0.15) is 85.3 Å². The molecule has 0 radical (unpaired) electrons. The summed E-state index contributed by atoms with van der Waals surface area (Å²) in [7, 11) is 0. The molecule has 0 fully saturated rings. The summed E-state index contributed by atoms with van der Waals surface area (Å²) in [6.45, 7) is 16.6. The van der Waals surface area contributed by atoms with Crippen molar-refractivity contribution < 1.29 is 0 Å². The van der Waals surface area contributed by atoms with Gasteiger partial charge in [-0.15, -0.1) is 0 Å². The first-order chi connectivity index (χ1) is 9.84. The number of nitrogens with zero attached hydrogens (tertiary/aromatic N) is 1. The fourth-order valence-electron chi connectivity index (χ4n) is 5.12. The third kappa shape index (κ3) is 2.08. The maximum absolute atomic E-state index is 2.86. The minimum absolute atomic E-state index is 0.164. The molecule has 0 aromatic heterocycles. The second-order valence-corrected chi connectivity index (χ2v) is 7.53. The number of fused-ring (bicyclic) bond motifs is 1. The molecule has 0 spiro atoms. The van der Waals surface area contributed by atoms with E-state index in [0.717, 1.165) is 0 Å². The van der Waals surface area contributed by atoms with Gasteiger partial charge < -0.3 is 0 Å². The van der Waals surface area contributed by atoms with Crippen LogP contribution >= 0.6 is 0 Å². The summed E-state index contributed by atoms with van der Waals surface area (Å²) in [4.78, 5) is 2.86. The van der Waals surface area contributed by atoms with Crippen molar-refractivity contribution in [3.8, 4) is 0 Å². The van der Waals surface area contributed by atoms with Gasteiger partial charge in [0.15, 0.2) is 0 Å². The zero-order valence-corrected chi connectivity index (χ0v) is 15.1. The first-order valence-electron chi connectivity index (χ1n) is 8.74. The van der Waals surface area contributed by atoms with E-state index in [1.54, 1.807) is 11.1 Å². The summed E-state index contributed by atoms with van der Waals surface area (Å²) in [6, 6.07) is 9.21. The molecule has 0 unspecified atom stereocenters. The van der Waals surface area contributed by atoms with Crippen molar-refractivity contribution in [3.05, 3.63) is 35.4 Å². The Morgan fingerprint density at radius 3 is 1.33 bits per heavy atom. The van der Waals surface area contributed by atoms with Crippen LogP contribution in [0, 0.1) is 0 Å². The largest absolute Gasteiger partial charge is 0.279 e. The van der Waals surface area contributed by atoms with Crippen LogP contribution < -0.4 is 0 Å². The van der Waals surface area contributed by atoms with Crippen LogP contribution in [-0.4, -0.2) is 10.4 Å². The third-order valence-corrected chi connectivity index (χ3v) is 5.80. The number of hydrogen-bond donors (Lipinski definition) is 0. The molecule has 0 saturated carbocycles. The summed E-state index contributed by atoms with van der Waals surface area (Å²) in [5.41, 5.74) is 3.68. The molecule has 0 saturated heterocycles. The molecule has 0 aliphatic carbocycles. The van der Waals surface area contributed by atoms with Gasteiger partial charge in [0, 0.05) is 16.6 Å². The van der Waals surface area contributed by atoms with Gasteiger partial charge in [0.25, 0.3) is 0 Å². The Morgan fingerprint density at radius 2 is 1.10 bits per heavy atom. The number of hydrogen-bond acceptors (Lipinski definition) is 1. The Bertz CT molecular complexity index is 448. The van der Waals surface area contributed by atoms with Crippen LogP contribution in [0.2, 0.25) is 0 Å². The first kappa shape index (κ1) is 16.5. The van der Waals surface area contributed by atoms with Gasteiger partial charge in [-0.3, -0.25) is 4.90 Å². The van der Waals surface area contributed by atoms with Gasteiger partial charge in [-0.2, -0.15) is 0 Å². The van der Waals surface area contributed by atoms with Gasteiger partial charge in [0.05, 0.1) is 0 Å². The Morgan fingerprint density at radius 1 is 0.762 bits per heavy atom. The van der Waals surface area contributed by atoms with E-state index in [4.69, 9.17) is 0 Å². The van der Waals surface area contributed by atoms with Crippen LogP contribution in [0.3, 0.4) is 0 Å². The molecule has 0 bridgehead atoms. The van der Waals surface area contributed by atoms with E-state index in [9.17, 15) is 0 Å². The lowest BCUT2D eigenvalue weighted by Gasteiger charge is -2.54. The summed E-state index contributed by atoms with van der Waals surface area (Å²) in [5, 5.41) is 0. The van der Waals surface area contributed by atoms with Crippen LogP contribution in [-0.2, 0) is 11.1 Å². The Balaban J connectivity index is 2.83. The van der Waals surface area contributed by atoms with E-state index in [-0.39, 0.29) is 16.6 Å². The van der Waals surface area contributed by atoms with E-state index in [1.807, 2.05) is 0 Å². The van der Waals surface area contributed by atoms with Crippen LogP contribution in [0.4, 0.5) is 0 Å². The Hall–Kier alpha value is -0.820. The van der Waals surface area contributed by atoms with Gasteiger partial charge >= 0.3 is 0 Å². The molecule has 1 nitrogen and oxygen atoms in total. The van der Waals surface area contributed by atoms with E-state index in [0.29, 0.717) is 0 Å². The monoisotopic (exact) mass is 287 g/mol. The normalized spacial score (nSPS) is 20.5. The van der Waals surface area contributed by atoms with Crippen molar-refractivity contribution in [1.82, 2.24) is 4.90 Å². The summed E-state index contributed by atoms with van der Waals surface area (Å²) in [6.07, 6.45) is 4.72. The molecule has 21 heavy (non-hydrogen) atoms.